The molecule has 0 unspecified atom stereocenters. The van der Waals surface area contributed by atoms with Gasteiger partial charge in [-0.25, -0.2) is 9.38 Å². The van der Waals surface area contributed by atoms with Gasteiger partial charge in [-0.2, -0.15) is 0 Å². The summed E-state index contributed by atoms with van der Waals surface area (Å²) < 4.78 is 8.16. The molecular formula is C21H20Cl2N4OS3. The Morgan fingerprint density at radius 3 is 2.84 bits per heavy atom. The second-order valence-corrected chi connectivity index (χ2v) is 11.4. The predicted octanol–water partition coefficient (Wildman–Crippen LogP) is 6.76. The Morgan fingerprint density at radius 1 is 1.26 bits per heavy atom. The number of hydrogen-bond acceptors (Lipinski definition) is 7. The van der Waals surface area contributed by atoms with Crippen LogP contribution in [-0.2, 0) is 23.5 Å². The third kappa shape index (κ3) is 3.96. The maximum atomic E-state index is 6.36. The molecule has 5 rings (SSSR count). The Bertz CT molecular complexity index is 1290. The first-order chi connectivity index (χ1) is 15.0. The third-order valence-electron chi connectivity index (χ3n) is 5.45. The summed E-state index contributed by atoms with van der Waals surface area (Å²) in [5, 5.41) is 13.2. The first-order valence-corrected chi connectivity index (χ1v) is 13.7. The number of thioether (sulfide) groups is 2. The average Bonchev–Trinajstić information content (AvgIpc) is 3.32. The first-order valence-electron chi connectivity index (χ1n) is 9.88. The van der Waals surface area contributed by atoms with Gasteiger partial charge in [-0.1, -0.05) is 66.6 Å². The van der Waals surface area contributed by atoms with Crippen molar-refractivity contribution in [1.82, 2.24) is 19.6 Å². The molecule has 1 aliphatic heterocycles. The molecule has 162 valence electrons. The van der Waals surface area contributed by atoms with Gasteiger partial charge in [0.2, 0.25) is 0 Å². The van der Waals surface area contributed by atoms with Crippen LogP contribution in [0, 0.1) is 5.92 Å². The van der Waals surface area contributed by atoms with Gasteiger partial charge in [-0.15, -0.1) is 21.5 Å². The van der Waals surface area contributed by atoms with Crippen LogP contribution in [0.2, 0.25) is 10.0 Å². The lowest BCUT2D eigenvalue weighted by molar-refractivity contribution is 0.00203. The van der Waals surface area contributed by atoms with Crippen molar-refractivity contribution in [2.45, 2.75) is 49.0 Å². The number of fused-ring (bicyclic) bond motifs is 5. The summed E-state index contributed by atoms with van der Waals surface area (Å²) >= 11 is 17.3. The van der Waals surface area contributed by atoms with E-state index < -0.39 is 0 Å². The summed E-state index contributed by atoms with van der Waals surface area (Å²) in [5.74, 6) is 1.14. The summed E-state index contributed by atoms with van der Waals surface area (Å²) in [4.78, 5) is 7.23. The van der Waals surface area contributed by atoms with E-state index in [-0.39, 0.29) is 6.10 Å². The maximum Gasteiger partial charge on any atom is 0.198 e. The summed E-state index contributed by atoms with van der Waals surface area (Å²) in [5.41, 5.74) is 3.21. The minimum atomic E-state index is 0.217. The van der Waals surface area contributed by atoms with Crippen molar-refractivity contribution >= 4 is 73.9 Å². The Balaban J connectivity index is 1.58. The van der Waals surface area contributed by atoms with Crippen molar-refractivity contribution < 1.29 is 4.74 Å². The number of nitrogens with zero attached hydrogens (tertiary/aromatic N) is 4. The fourth-order valence-electron chi connectivity index (χ4n) is 3.76. The van der Waals surface area contributed by atoms with E-state index in [1.807, 2.05) is 18.4 Å². The number of rotatable bonds is 5. The molecule has 0 spiro atoms. The van der Waals surface area contributed by atoms with E-state index in [0.29, 0.717) is 28.3 Å². The van der Waals surface area contributed by atoms with Gasteiger partial charge in [-0.3, -0.25) is 0 Å². The smallest absolute Gasteiger partial charge is 0.198 e. The van der Waals surface area contributed by atoms with Gasteiger partial charge in [0, 0.05) is 27.1 Å². The quantitative estimate of drug-likeness (QED) is 0.218. The van der Waals surface area contributed by atoms with E-state index in [1.165, 1.54) is 10.4 Å². The zero-order chi connectivity index (χ0) is 21.7. The van der Waals surface area contributed by atoms with E-state index >= 15 is 0 Å². The molecule has 4 heterocycles. The number of benzene rings is 1. The Morgan fingerprint density at radius 2 is 2.10 bits per heavy atom. The summed E-state index contributed by atoms with van der Waals surface area (Å²) in [6.45, 7) is 5.06. The number of hydrogen-bond donors (Lipinski definition) is 0. The van der Waals surface area contributed by atoms with Crippen LogP contribution in [0.5, 0.6) is 0 Å². The SMILES string of the molecule is CSc1nc2sc3c(c2c2nnc(SCc4ccc(Cl)cc4Cl)n12)C[C@H](C(C)C)OC3. The van der Waals surface area contributed by atoms with Crippen molar-refractivity contribution in [2.75, 3.05) is 6.26 Å². The molecule has 3 aromatic heterocycles. The monoisotopic (exact) mass is 510 g/mol. The Hall–Kier alpha value is -1.03. The predicted molar refractivity (Wildman–Crippen MR) is 131 cm³/mol. The van der Waals surface area contributed by atoms with Gasteiger partial charge >= 0.3 is 0 Å². The highest BCUT2D eigenvalue weighted by atomic mass is 35.5. The van der Waals surface area contributed by atoms with Crippen LogP contribution in [0.1, 0.15) is 29.9 Å². The van der Waals surface area contributed by atoms with Gasteiger partial charge in [0.25, 0.3) is 0 Å². The summed E-state index contributed by atoms with van der Waals surface area (Å²) in [7, 11) is 0. The lowest BCUT2D eigenvalue weighted by Crippen LogP contribution is -2.26. The molecule has 5 nitrogen and oxygen atoms in total. The molecule has 1 aromatic carbocycles. The zero-order valence-electron chi connectivity index (χ0n) is 17.2. The van der Waals surface area contributed by atoms with Crippen molar-refractivity contribution in [1.29, 1.82) is 0 Å². The largest absolute Gasteiger partial charge is 0.372 e. The van der Waals surface area contributed by atoms with Crippen molar-refractivity contribution in [2.24, 2.45) is 5.92 Å². The molecule has 4 aromatic rings. The second-order valence-electron chi connectivity index (χ2n) is 7.75. The minimum Gasteiger partial charge on any atom is -0.372 e. The number of halogens is 2. The van der Waals surface area contributed by atoms with E-state index in [4.69, 9.17) is 32.9 Å². The Kier molecular flexibility index (Phi) is 6.13. The highest BCUT2D eigenvalue weighted by Gasteiger charge is 2.29. The number of aromatic nitrogens is 4. The zero-order valence-corrected chi connectivity index (χ0v) is 21.1. The van der Waals surface area contributed by atoms with Crippen LogP contribution in [0.4, 0.5) is 0 Å². The molecule has 0 saturated heterocycles. The molecule has 0 aliphatic carbocycles. The van der Waals surface area contributed by atoms with Crippen molar-refractivity contribution in [3.8, 4) is 0 Å². The summed E-state index contributed by atoms with van der Waals surface area (Å²) in [6, 6.07) is 5.58. The number of ether oxygens (including phenoxy) is 1. The van der Waals surface area contributed by atoms with Crippen molar-refractivity contribution in [3.05, 3.63) is 44.2 Å². The standard InChI is InChI=1S/C21H20Cl2N4OS3/c1-10(2)15-7-13-16(8-28-15)31-19-17(13)18-25-26-21(27(18)20(24-19)29-3)30-9-11-4-5-12(22)6-14(11)23/h4-6,10,15H,7-9H2,1-3H3/t15-/m1/s1. The van der Waals surface area contributed by atoms with E-state index in [0.717, 1.165) is 38.2 Å². The van der Waals surface area contributed by atoms with Gasteiger partial charge in [0.05, 0.1) is 18.1 Å². The molecule has 0 fully saturated rings. The second kappa shape index (κ2) is 8.72. The molecule has 0 saturated carbocycles. The normalized spacial score (nSPS) is 16.5. The molecule has 0 amide bonds. The van der Waals surface area contributed by atoms with Crippen LogP contribution < -0.4 is 0 Å². The van der Waals surface area contributed by atoms with Crippen LogP contribution in [0.3, 0.4) is 0 Å². The topological polar surface area (TPSA) is 52.3 Å². The van der Waals surface area contributed by atoms with Gasteiger partial charge in [0.15, 0.2) is 16.0 Å². The Labute approximate surface area is 202 Å². The third-order valence-corrected chi connectivity index (χ3v) is 8.75. The highest BCUT2D eigenvalue weighted by Crippen LogP contribution is 2.40. The fraction of sp³-hybridized carbons (Fsp3) is 0.381. The molecule has 0 bridgehead atoms. The number of thiophene rings is 1. The average molecular weight is 512 g/mol. The lowest BCUT2D eigenvalue weighted by Gasteiger charge is -2.26. The first kappa shape index (κ1) is 21.8. The van der Waals surface area contributed by atoms with Crippen LogP contribution in [0.15, 0.2) is 28.5 Å². The lowest BCUT2D eigenvalue weighted by atomic mass is 9.96. The molecular weight excluding hydrogens is 491 g/mol. The molecule has 0 radical (unpaired) electrons. The van der Waals surface area contributed by atoms with Crippen molar-refractivity contribution in [3.63, 3.8) is 0 Å². The minimum absolute atomic E-state index is 0.217. The van der Waals surface area contributed by atoms with Gasteiger partial charge < -0.3 is 4.74 Å². The highest BCUT2D eigenvalue weighted by molar-refractivity contribution is 7.99. The van der Waals surface area contributed by atoms with E-state index in [2.05, 4.69) is 28.4 Å². The van der Waals surface area contributed by atoms with Gasteiger partial charge in [0.1, 0.15) is 4.83 Å². The molecule has 1 aliphatic rings. The van der Waals surface area contributed by atoms with Crippen LogP contribution in [0.25, 0.3) is 15.9 Å². The van der Waals surface area contributed by atoms with Crippen LogP contribution in [-0.4, -0.2) is 31.9 Å². The maximum absolute atomic E-state index is 6.36. The fourth-order valence-corrected chi connectivity index (χ4v) is 7.03. The molecule has 31 heavy (non-hydrogen) atoms. The van der Waals surface area contributed by atoms with Crippen LogP contribution >= 0.6 is 58.1 Å². The van der Waals surface area contributed by atoms with Gasteiger partial charge in [-0.05, 0) is 35.4 Å². The molecule has 10 heteroatoms. The van der Waals surface area contributed by atoms with E-state index in [1.54, 1.807) is 40.9 Å². The van der Waals surface area contributed by atoms with E-state index in [9.17, 15) is 0 Å². The molecule has 1 atom stereocenters. The molecule has 0 N–H and O–H groups in total. The summed E-state index contributed by atoms with van der Waals surface area (Å²) in [6.07, 6.45) is 3.14.